The van der Waals surface area contributed by atoms with E-state index in [-0.39, 0.29) is 11.0 Å². The quantitative estimate of drug-likeness (QED) is 0.918. The van der Waals surface area contributed by atoms with Crippen LogP contribution in [0.3, 0.4) is 0 Å². The lowest BCUT2D eigenvalue weighted by molar-refractivity contribution is 0.340. The minimum absolute atomic E-state index is 0.00294. The standard InChI is InChI=1S/C16H25N3/c1-6-16(5,11-17)14-18-12-9-7-8-10-13(12)19(14)15(2,3)4/h7-10H,6,11,17H2,1-5H3. The molecule has 3 nitrogen and oxygen atoms in total. The fourth-order valence-electron chi connectivity index (χ4n) is 2.50. The minimum atomic E-state index is -0.0771. The van der Waals surface area contributed by atoms with Gasteiger partial charge in [-0.25, -0.2) is 4.98 Å². The van der Waals surface area contributed by atoms with Gasteiger partial charge in [-0.05, 0) is 39.3 Å². The highest BCUT2D eigenvalue weighted by Crippen LogP contribution is 2.33. The average molecular weight is 259 g/mol. The zero-order valence-electron chi connectivity index (χ0n) is 12.7. The molecule has 104 valence electrons. The largest absolute Gasteiger partial charge is 0.329 e. The highest BCUT2D eigenvalue weighted by molar-refractivity contribution is 5.76. The number of fused-ring (bicyclic) bond motifs is 1. The Kier molecular flexibility index (Phi) is 3.43. The molecule has 1 aromatic heterocycles. The van der Waals surface area contributed by atoms with Crippen LogP contribution in [-0.4, -0.2) is 16.1 Å². The molecule has 0 aliphatic rings. The third-order valence-electron chi connectivity index (χ3n) is 4.00. The van der Waals surface area contributed by atoms with Gasteiger partial charge in [-0.3, -0.25) is 0 Å². The van der Waals surface area contributed by atoms with Crippen molar-refractivity contribution in [2.45, 2.75) is 52.0 Å². The molecule has 0 radical (unpaired) electrons. The van der Waals surface area contributed by atoms with Crippen molar-refractivity contribution in [2.75, 3.05) is 6.54 Å². The number of rotatable bonds is 3. The Hall–Kier alpha value is -1.35. The van der Waals surface area contributed by atoms with Crippen LogP contribution in [0, 0.1) is 0 Å². The number of para-hydroxylation sites is 2. The molecule has 0 fully saturated rings. The molecule has 1 heterocycles. The average Bonchev–Trinajstić information content (AvgIpc) is 2.77. The molecule has 0 saturated carbocycles. The van der Waals surface area contributed by atoms with Crippen LogP contribution >= 0.6 is 0 Å². The summed E-state index contributed by atoms with van der Waals surface area (Å²) < 4.78 is 2.35. The van der Waals surface area contributed by atoms with Crippen LogP contribution in [0.1, 0.15) is 46.9 Å². The van der Waals surface area contributed by atoms with Gasteiger partial charge in [0, 0.05) is 17.5 Å². The molecule has 0 saturated heterocycles. The Morgan fingerprint density at radius 1 is 1.16 bits per heavy atom. The summed E-state index contributed by atoms with van der Waals surface area (Å²) in [6.45, 7) is 11.7. The van der Waals surface area contributed by atoms with Crippen molar-refractivity contribution >= 4 is 11.0 Å². The van der Waals surface area contributed by atoms with Crippen LogP contribution < -0.4 is 5.73 Å². The molecule has 0 aliphatic carbocycles. The Morgan fingerprint density at radius 3 is 2.32 bits per heavy atom. The van der Waals surface area contributed by atoms with E-state index in [1.54, 1.807) is 0 Å². The predicted octanol–water partition coefficient (Wildman–Crippen LogP) is 3.42. The summed E-state index contributed by atoms with van der Waals surface area (Å²) in [5.41, 5.74) is 8.20. The van der Waals surface area contributed by atoms with Gasteiger partial charge in [0.25, 0.3) is 0 Å². The van der Waals surface area contributed by atoms with Crippen molar-refractivity contribution in [1.29, 1.82) is 0 Å². The van der Waals surface area contributed by atoms with Gasteiger partial charge in [0.2, 0.25) is 0 Å². The second kappa shape index (κ2) is 4.64. The lowest BCUT2D eigenvalue weighted by atomic mass is 9.86. The summed E-state index contributed by atoms with van der Waals surface area (Å²) in [6.07, 6.45) is 0.989. The van der Waals surface area contributed by atoms with Gasteiger partial charge in [0.15, 0.2) is 0 Å². The SMILES string of the molecule is CCC(C)(CN)c1nc2ccccc2n1C(C)(C)C. The first-order chi connectivity index (χ1) is 8.83. The molecule has 1 aromatic carbocycles. The summed E-state index contributed by atoms with van der Waals surface area (Å²) in [4.78, 5) is 4.88. The molecule has 1 unspecified atom stereocenters. The lowest BCUT2D eigenvalue weighted by Gasteiger charge is -2.32. The van der Waals surface area contributed by atoms with Crippen molar-refractivity contribution in [2.24, 2.45) is 5.73 Å². The fourth-order valence-corrected chi connectivity index (χ4v) is 2.50. The number of hydrogen-bond donors (Lipinski definition) is 1. The van der Waals surface area contributed by atoms with Crippen LogP contribution in [-0.2, 0) is 11.0 Å². The van der Waals surface area contributed by atoms with Gasteiger partial charge < -0.3 is 10.3 Å². The summed E-state index contributed by atoms with van der Waals surface area (Å²) in [7, 11) is 0. The minimum Gasteiger partial charge on any atom is -0.329 e. The topological polar surface area (TPSA) is 43.8 Å². The smallest absolute Gasteiger partial charge is 0.117 e. The van der Waals surface area contributed by atoms with Crippen LogP contribution in [0.15, 0.2) is 24.3 Å². The predicted molar refractivity (Wildman–Crippen MR) is 81.4 cm³/mol. The van der Waals surface area contributed by atoms with E-state index in [0.717, 1.165) is 17.8 Å². The van der Waals surface area contributed by atoms with E-state index in [1.807, 2.05) is 6.07 Å². The first-order valence-electron chi connectivity index (χ1n) is 7.02. The number of nitrogens with two attached hydrogens (primary N) is 1. The maximum Gasteiger partial charge on any atom is 0.117 e. The summed E-state index contributed by atoms with van der Waals surface area (Å²) >= 11 is 0. The van der Waals surface area contributed by atoms with E-state index in [0.29, 0.717) is 6.54 Å². The number of hydrogen-bond acceptors (Lipinski definition) is 2. The lowest BCUT2D eigenvalue weighted by Crippen LogP contribution is -2.37. The van der Waals surface area contributed by atoms with Crippen molar-refractivity contribution in [3.05, 3.63) is 30.1 Å². The molecule has 0 aliphatic heterocycles. The Bertz CT molecular complexity index is 571. The third kappa shape index (κ3) is 2.27. The van der Waals surface area contributed by atoms with Crippen molar-refractivity contribution < 1.29 is 0 Å². The molecule has 2 aromatic rings. The van der Waals surface area contributed by atoms with Gasteiger partial charge in [-0.1, -0.05) is 26.0 Å². The molecule has 3 heteroatoms. The number of aromatic nitrogens is 2. The van der Waals surface area contributed by atoms with Crippen LogP contribution in [0.5, 0.6) is 0 Å². The van der Waals surface area contributed by atoms with Crippen LogP contribution in [0.4, 0.5) is 0 Å². The first kappa shape index (κ1) is 14.1. The Balaban J connectivity index is 2.80. The number of imidazole rings is 1. The van der Waals surface area contributed by atoms with Crippen molar-refractivity contribution in [1.82, 2.24) is 9.55 Å². The molecule has 2 rings (SSSR count). The van der Waals surface area contributed by atoms with E-state index in [4.69, 9.17) is 10.7 Å². The monoisotopic (exact) mass is 259 g/mol. The van der Waals surface area contributed by atoms with E-state index in [1.165, 1.54) is 5.52 Å². The molecule has 0 spiro atoms. The molecule has 1 atom stereocenters. The van der Waals surface area contributed by atoms with Crippen LogP contribution in [0.2, 0.25) is 0 Å². The first-order valence-corrected chi connectivity index (χ1v) is 7.02. The molecule has 2 N–H and O–H groups in total. The van der Waals surface area contributed by atoms with Gasteiger partial charge in [0.1, 0.15) is 5.82 Å². The number of nitrogens with zero attached hydrogens (tertiary/aromatic N) is 2. The molecule has 0 bridgehead atoms. The van der Waals surface area contributed by atoms with E-state index >= 15 is 0 Å². The fraction of sp³-hybridized carbons (Fsp3) is 0.562. The molecule has 19 heavy (non-hydrogen) atoms. The zero-order valence-corrected chi connectivity index (χ0v) is 12.7. The molecular formula is C16H25N3. The highest BCUT2D eigenvalue weighted by atomic mass is 15.1. The van der Waals surface area contributed by atoms with E-state index < -0.39 is 0 Å². The molecule has 0 amide bonds. The summed E-state index contributed by atoms with van der Waals surface area (Å²) in [5, 5.41) is 0. The second-order valence-electron chi connectivity index (χ2n) is 6.55. The van der Waals surface area contributed by atoms with Gasteiger partial charge in [-0.2, -0.15) is 0 Å². The van der Waals surface area contributed by atoms with Crippen LogP contribution in [0.25, 0.3) is 11.0 Å². The number of benzene rings is 1. The van der Waals surface area contributed by atoms with E-state index in [2.05, 4.69) is 57.4 Å². The highest BCUT2D eigenvalue weighted by Gasteiger charge is 2.32. The maximum atomic E-state index is 6.03. The Morgan fingerprint density at radius 2 is 1.79 bits per heavy atom. The third-order valence-corrected chi connectivity index (χ3v) is 4.00. The summed E-state index contributed by atoms with van der Waals surface area (Å²) in [5.74, 6) is 1.10. The normalized spacial score (nSPS) is 15.7. The Labute approximate surface area is 115 Å². The van der Waals surface area contributed by atoms with Gasteiger partial charge >= 0.3 is 0 Å². The maximum absolute atomic E-state index is 6.03. The molecular weight excluding hydrogens is 234 g/mol. The van der Waals surface area contributed by atoms with Gasteiger partial charge in [-0.15, -0.1) is 0 Å². The summed E-state index contributed by atoms with van der Waals surface area (Å²) in [6, 6.07) is 8.33. The second-order valence-corrected chi connectivity index (χ2v) is 6.55. The van der Waals surface area contributed by atoms with E-state index in [9.17, 15) is 0 Å². The van der Waals surface area contributed by atoms with Crippen molar-refractivity contribution in [3.63, 3.8) is 0 Å². The zero-order chi connectivity index (χ0) is 14.3. The van der Waals surface area contributed by atoms with Crippen molar-refractivity contribution in [3.8, 4) is 0 Å². The van der Waals surface area contributed by atoms with Gasteiger partial charge in [0.05, 0.1) is 11.0 Å².